The molecule has 4 heteroatoms. The van der Waals surface area contributed by atoms with Gasteiger partial charge < -0.3 is 4.90 Å². The summed E-state index contributed by atoms with van der Waals surface area (Å²) in [6.45, 7) is 1.51. The largest absolute Gasteiger partial charge is 0.349 e. The van der Waals surface area contributed by atoms with E-state index in [9.17, 15) is 4.79 Å². The van der Waals surface area contributed by atoms with E-state index in [0.717, 1.165) is 0 Å². The molecule has 0 aliphatic heterocycles. The fraction of sp³-hybridized carbons (Fsp3) is 0.714. The lowest BCUT2D eigenvalue weighted by atomic mass is 10.6. The van der Waals surface area contributed by atoms with Gasteiger partial charge in [-0.15, -0.1) is 0 Å². The zero-order chi connectivity index (χ0) is 9.02. The number of guanidine groups is 1. The molecule has 0 spiro atoms. The smallest absolute Gasteiger partial charge is 0.225 e. The van der Waals surface area contributed by atoms with E-state index in [1.54, 1.807) is 19.0 Å². The Morgan fingerprint density at radius 2 is 1.73 bits per heavy atom. The van der Waals surface area contributed by atoms with Gasteiger partial charge in [0.05, 0.1) is 0 Å². The molecule has 11 heavy (non-hydrogen) atoms. The van der Waals surface area contributed by atoms with Crippen molar-refractivity contribution in [2.45, 2.75) is 6.92 Å². The van der Waals surface area contributed by atoms with Crippen molar-refractivity contribution in [3.63, 3.8) is 0 Å². The highest BCUT2D eigenvalue weighted by atomic mass is 16.2. The molecule has 0 aromatic carbocycles. The third-order valence-corrected chi connectivity index (χ3v) is 1.37. The molecule has 64 valence electrons. The fourth-order valence-electron chi connectivity index (χ4n) is 0.791. The van der Waals surface area contributed by atoms with Crippen LogP contribution in [0.25, 0.3) is 0 Å². The molecule has 0 heterocycles. The molecule has 4 nitrogen and oxygen atoms in total. The van der Waals surface area contributed by atoms with Crippen LogP contribution >= 0.6 is 0 Å². The molecule has 1 amide bonds. The molecule has 0 saturated carbocycles. The normalized spacial score (nSPS) is 11.2. The zero-order valence-corrected chi connectivity index (χ0v) is 7.75. The summed E-state index contributed by atoms with van der Waals surface area (Å²) >= 11 is 0. The lowest BCUT2D eigenvalue weighted by molar-refractivity contribution is -0.124. The van der Waals surface area contributed by atoms with Crippen molar-refractivity contribution in [2.75, 3.05) is 28.2 Å². The summed E-state index contributed by atoms with van der Waals surface area (Å²) in [6.07, 6.45) is 0. The molecule has 0 rings (SSSR count). The Bertz CT molecular complexity index is 175. The van der Waals surface area contributed by atoms with Gasteiger partial charge in [0.15, 0.2) is 0 Å². The van der Waals surface area contributed by atoms with Crippen LogP contribution in [-0.2, 0) is 4.79 Å². The minimum atomic E-state index is -0.0145. The third kappa shape index (κ3) is 2.57. The maximum atomic E-state index is 10.9. The summed E-state index contributed by atoms with van der Waals surface area (Å²) in [4.78, 5) is 18.1. The van der Waals surface area contributed by atoms with Crippen molar-refractivity contribution in [1.82, 2.24) is 9.80 Å². The fourth-order valence-corrected chi connectivity index (χ4v) is 0.791. The molecular formula is C7H15N3O. The van der Waals surface area contributed by atoms with Crippen LogP contribution < -0.4 is 0 Å². The second-order valence-corrected chi connectivity index (χ2v) is 2.50. The maximum Gasteiger partial charge on any atom is 0.225 e. The van der Waals surface area contributed by atoms with Crippen molar-refractivity contribution in [1.29, 1.82) is 0 Å². The van der Waals surface area contributed by atoms with Gasteiger partial charge in [-0.3, -0.25) is 14.7 Å². The predicted molar refractivity (Wildman–Crippen MR) is 45.5 cm³/mol. The number of amides is 1. The number of hydrogen-bond acceptors (Lipinski definition) is 2. The van der Waals surface area contributed by atoms with Gasteiger partial charge in [0.1, 0.15) is 0 Å². The van der Waals surface area contributed by atoms with Crippen LogP contribution in [0.5, 0.6) is 0 Å². The van der Waals surface area contributed by atoms with Gasteiger partial charge in [-0.2, -0.15) is 0 Å². The van der Waals surface area contributed by atoms with Crippen LogP contribution in [0.3, 0.4) is 0 Å². The minimum Gasteiger partial charge on any atom is -0.349 e. The molecule has 0 atom stereocenters. The van der Waals surface area contributed by atoms with Crippen molar-refractivity contribution in [3.8, 4) is 0 Å². The first-order valence-corrected chi connectivity index (χ1v) is 3.39. The van der Waals surface area contributed by atoms with E-state index in [1.807, 2.05) is 14.1 Å². The maximum absolute atomic E-state index is 10.9. The van der Waals surface area contributed by atoms with E-state index < -0.39 is 0 Å². The predicted octanol–water partition coefficient (Wildman–Crippen LogP) is 0.0121. The Kier molecular flexibility index (Phi) is 3.57. The molecule has 0 unspecified atom stereocenters. The van der Waals surface area contributed by atoms with Crippen molar-refractivity contribution >= 4 is 11.9 Å². The SMILES string of the molecule is C/N=C(\N(C)C)N(C)C(C)=O. The quantitative estimate of drug-likeness (QED) is 0.367. The highest BCUT2D eigenvalue weighted by molar-refractivity contribution is 5.95. The first-order chi connectivity index (χ1) is 5.00. The van der Waals surface area contributed by atoms with Crippen molar-refractivity contribution < 1.29 is 4.79 Å². The first-order valence-electron chi connectivity index (χ1n) is 3.39. The average Bonchev–Trinajstić information content (AvgIpc) is 1.88. The van der Waals surface area contributed by atoms with Gasteiger partial charge in [-0.1, -0.05) is 0 Å². The number of hydrogen-bond donors (Lipinski definition) is 0. The standard InChI is InChI=1S/C7H15N3O/c1-6(11)10(5)7(8-2)9(3)4/h1-5H3/b8-7+. The first kappa shape index (κ1) is 9.94. The highest BCUT2D eigenvalue weighted by Gasteiger charge is 2.10. The van der Waals surface area contributed by atoms with Crippen LogP contribution in [0, 0.1) is 0 Å². The molecule has 0 aromatic heterocycles. The molecule has 0 bridgehead atoms. The third-order valence-electron chi connectivity index (χ3n) is 1.37. The topological polar surface area (TPSA) is 35.9 Å². The van der Waals surface area contributed by atoms with Gasteiger partial charge in [-0.25, -0.2) is 0 Å². The van der Waals surface area contributed by atoms with Gasteiger partial charge in [-0.05, 0) is 0 Å². The van der Waals surface area contributed by atoms with Crippen molar-refractivity contribution in [3.05, 3.63) is 0 Å². The summed E-state index contributed by atoms with van der Waals surface area (Å²) in [5, 5.41) is 0. The second kappa shape index (κ2) is 3.95. The lowest BCUT2D eigenvalue weighted by Gasteiger charge is -2.23. The molecular weight excluding hydrogens is 142 g/mol. The molecule has 0 aliphatic rings. The van der Waals surface area contributed by atoms with Crippen LogP contribution in [0.2, 0.25) is 0 Å². The van der Waals surface area contributed by atoms with E-state index in [2.05, 4.69) is 4.99 Å². The van der Waals surface area contributed by atoms with E-state index in [4.69, 9.17) is 0 Å². The van der Waals surface area contributed by atoms with E-state index in [1.165, 1.54) is 11.8 Å². The van der Waals surface area contributed by atoms with Crippen LogP contribution in [0.15, 0.2) is 4.99 Å². The lowest BCUT2D eigenvalue weighted by Crippen LogP contribution is -2.40. The summed E-state index contributed by atoms with van der Waals surface area (Å²) in [6, 6.07) is 0. The Labute approximate surface area is 67.5 Å². The Hall–Kier alpha value is -1.06. The Balaban J connectivity index is 4.41. The summed E-state index contributed by atoms with van der Waals surface area (Å²) < 4.78 is 0. The minimum absolute atomic E-state index is 0.0145. The molecule has 0 N–H and O–H groups in total. The summed E-state index contributed by atoms with van der Waals surface area (Å²) in [7, 11) is 7.06. The number of carbonyl (C=O) groups excluding carboxylic acids is 1. The second-order valence-electron chi connectivity index (χ2n) is 2.50. The molecule has 0 aromatic rings. The summed E-state index contributed by atoms with van der Waals surface area (Å²) in [5.41, 5.74) is 0. The molecule has 0 saturated heterocycles. The Morgan fingerprint density at radius 3 is 1.82 bits per heavy atom. The van der Waals surface area contributed by atoms with E-state index in [0.29, 0.717) is 5.96 Å². The van der Waals surface area contributed by atoms with Crippen LogP contribution in [-0.4, -0.2) is 49.9 Å². The molecule has 0 radical (unpaired) electrons. The Morgan fingerprint density at radius 1 is 1.27 bits per heavy atom. The van der Waals surface area contributed by atoms with Gasteiger partial charge in [0, 0.05) is 35.1 Å². The highest BCUT2D eigenvalue weighted by Crippen LogP contribution is 1.91. The van der Waals surface area contributed by atoms with Crippen LogP contribution in [0.4, 0.5) is 0 Å². The van der Waals surface area contributed by atoms with Gasteiger partial charge in [0.25, 0.3) is 0 Å². The van der Waals surface area contributed by atoms with Gasteiger partial charge in [0.2, 0.25) is 11.9 Å². The van der Waals surface area contributed by atoms with E-state index in [-0.39, 0.29) is 5.91 Å². The molecule has 0 fully saturated rings. The number of aliphatic imine (C=N–C) groups is 1. The monoisotopic (exact) mass is 157 g/mol. The number of rotatable bonds is 0. The van der Waals surface area contributed by atoms with E-state index >= 15 is 0 Å². The zero-order valence-electron chi connectivity index (χ0n) is 7.75. The number of carbonyl (C=O) groups is 1. The average molecular weight is 157 g/mol. The van der Waals surface area contributed by atoms with Crippen molar-refractivity contribution in [2.24, 2.45) is 4.99 Å². The van der Waals surface area contributed by atoms with Crippen LogP contribution in [0.1, 0.15) is 6.92 Å². The van der Waals surface area contributed by atoms with Gasteiger partial charge >= 0.3 is 0 Å². The summed E-state index contributed by atoms with van der Waals surface area (Å²) in [5.74, 6) is 0.650. The molecule has 0 aliphatic carbocycles. The number of nitrogens with zero attached hydrogens (tertiary/aromatic N) is 3.